The van der Waals surface area contributed by atoms with E-state index in [0.29, 0.717) is 15.6 Å². The van der Waals surface area contributed by atoms with Crippen LogP contribution in [0.15, 0.2) is 33.5 Å². The van der Waals surface area contributed by atoms with Crippen LogP contribution < -0.4 is 39.9 Å². The molecule has 2 saturated heterocycles. The quantitative estimate of drug-likeness (QED) is 0.237. The fourth-order valence-corrected chi connectivity index (χ4v) is 4.62. The van der Waals surface area contributed by atoms with Gasteiger partial charge in [0.05, 0.1) is 6.04 Å². The zero-order chi connectivity index (χ0) is 20.2. The summed E-state index contributed by atoms with van der Waals surface area (Å²) < 4.78 is 42.5. The summed E-state index contributed by atoms with van der Waals surface area (Å²) >= 11 is 0. The number of rotatable bonds is 4. The third-order valence-electron chi connectivity index (χ3n) is 4.99. The second-order valence-corrected chi connectivity index (χ2v) is 7.98. The van der Waals surface area contributed by atoms with E-state index in [-0.39, 0.29) is 50.6 Å². The average Bonchev–Trinajstić information content (AvgIpc) is 2.96. The normalized spacial score (nSPS) is 20.8. The maximum atomic E-state index is 12.4. The second kappa shape index (κ2) is 7.73. The molecule has 3 heterocycles. The summed E-state index contributed by atoms with van der Waals surface area (Å²) in [5, 5.41) is 0.742. The first-order chi connectivity index (χ1) is 13.2. The summed E-state index contributed by atoms with van der Waals surface area (Å²) in [5.41, 5.74) is 0.589. The van der Waals surface area contributed by atoms with Crippen molar-refractivity contribution in [2.45, 2.75) is 25.4 Å². The third kappa shape index (κ3) is 3.80. The summed E-state index contributed by atoms with van der Waals surface area (Å²) in [6.45, 7) is 1.59. The van der Waals surface area contributed by atoms with Gasteiger partial charge in [-0.15, -0.1) is 0 Å². The first-order valence-electron chi connectivity index (χ1n) is 8.44. The monoisotopic (exact) mass is 432 g/mol. The molecule has 2 aliphatic heterocycles. The Hall–Kier alpha value is -1.92. The van der Waals surface area contributed by atoms with E-state index in [0.717, 1.165) is 10.9 Å². The molecule has 2 amide bonds. The van der Waals surface area contributed by atoms with Crippen molar-refractivity contribution in [1.29, 1.82) is 0 Å². The number of likely N-dealkylation sites (tertiary alicyclic amines) is 1. The van der Waals surface area contributed by atoms with E-state index >= 15 is 0 Å². The number of carbonyl (C=O) groups excluding carboxylic acids is 2. The number of ether oxygens (including phenoxy) is 1. The third-order valence-corrected chi connectivity index (χ3v) is 5.94. The van der Waals surface area contributed by atoms with Crippen LogP contribution in [0.1, 0.15) is 13.4 Å². The summed E-state index contributed by atoms with van der Waals surface area (Å²) in [6, 6.07) is 4.56. The Balaban J connectivity index is 0.00000160. The second-order valence-electron chi connectivity index (χ2n) is 6.69. The minimum atomic E-state index is -4.62. The summed E-state index contributed by atoms with van der Waals surface area (Å²) in [5.74, 6) is -1.01. The Bertz CT molecular complexity index is 1170. The van der Waals surface area contributed by atoms with Gasteiger partial charge in [-0.3, -0.25) is 14.1 Å². The van der Waals surface area contributed by atoms with Gasteiger partial charge in [-0.2, -0.15) is 8.42 Å². The molecule has 29 heavy (non-hydrogen) atoms. The maximum absolute atomic E-state index is 12.4. The molecule has 2 fully saturated rings. The number of amides is 2. The van der Waals surface area contributed by atoms with Crippen molar-refractivity contribution in [2.24, 2.45) is 0 Å². The Morgan fingerprint density at radius 2 is 2.07 bits per heavy atom. The van der Waals surface area contributed by atoms with Crippen molar-refractivity contribution in [3.63, 3.8) is 0 Å². The molecule has 0 radical (unpaired) electrons. The van der Waals surface area contributed by atoms with E-state index in [2.05, 4.69) is 0 Å². The van der Waals surface area contributed by atoms with Gasteiger partial charge in [-0.25, -0.2) is 9.10 Å². The predicted molar refractivity (Wildman–Crippen MR) is 96.1 cm³/mol. The molecule has 150 valence electrons. The first-order valence-corrected chi connectivity index (χ1v) is 9.84. The van der Waals surface area contributed by atoms with Crippen LogP contribution in [0, 0.1) is 6.92 Å². The van der Waals surface area contributed by atoms with E-state index in [1.54, 1.807) is 19.1 Å². The van der Waals surface area contributed by atoms with Crippen LogP contribution >= 0.6 is 0 Å². The number of hydrogen-bond donors (Lipinski definition) is 1. The smallest absolute Gasteiger partial charge is 1.00 e. The molecule has 1 N–H and O–H groups in total. The van der Waals surface area contributed by atoms with Crippen LogP contribution in [0.25, 0.3) is 11.0 Å². The molecule has 2 aromatic rings. The molecule has 10 nitrogen and oxygen atoms in total. The van der Waals surface area contributed by atoms with Crippen LogP contribution in [0.5, 0.6) is 5.75 Å². The van der Waals surface area contributed by atoms with Gasteiger partial charge in [0, 0.05) is 24.1 Å². The van der Waals surface area contributed by atoms with Gasteiger partial charge in [0.25, 0.3) is 11.8 Å². The molecule has 0 bridgehead atoms. The van der Waals surface area contributed by atoms with Gasteiger partial charge in [-0.05, 0) is 31.0 Å². The van der Waals surface area contributed by atoms with Crippen LogP contribution in [-0.2, 0) is 19.9 Å². The Kier molecular flexibility index (Phi) is 5.80. The molecule has 4 rings (SSSR count). The van der Waals surface area contributed by atoms with Gasteiger partial charge in [0.2, 0.25) is 0 Å². The van der Waals surface area contributed by atoms with Crippen molar-refractivity contribution in [3.05, 3.63) is 40.2 Å². The minimum Gasteiger partial charge on any atom is -1.00 e. The van der Waals surface area contributed by atoms with Crippen LogP contribution in [0.2, 0.25) is 0 Å². The average molecular weight is 432 g/mol. The number of fused-ring (bicyclic) bond motifs is 2. The molecule has 2 atom stereocenters. The number of aryl methyl sites for hydroxylation is 1. The van der Waals surface area contributed by atoms with Crippen molar-refractivity contribution in [2.75, 3.05) is 13.2 Å². The van der Waals surface area contributed by atoms with Crippen molar-refractivity contribution in [3.8, 4) is 5.75 Å². The van der Waals surface area contributed by atoms with E-state index in [9.17, 15) is 22.8 Å². The maximum Gasteiger partial charge on any atom is 1.00 e. The molecule has 0 unspecified atom stereocenters. The largest absolute Gasteiger partial charge is 1.00 e. The molecule has 0 spiro atoms. The number of hydrogen-bond acceptors (Lipinski definition) is 7. The first kappa shape index (κ1) is 21.8. The fourth-order valence-electron chi connectivity index (χ4n) is 3.72. The van der Waals surface area contributed by atoms with Gasteiger partial charge < -0.3 is 15.5 Å². The molecule has 2 aliphatic rings. The number of nitrogens with zero attached hydrogens (tertiary/aromatic N) is 2. The fraction of sp³-hybridized carbons (Fsp3) is 0.353. The van der Waals surface area contributed by atoms with Gasteiger partial charge in [0.15, 0.2) is 6.61 Å². The van der Waals surface area contributed by atoms with Crippen molar-refractivity contribution in [1.82, 2.24) is 9.21 Å². The molecule has 1 aromatic carbocycles. The zero-order valence-electron chi connectivity index (χ0n) is 16.7. The van der Waals surface area contributed by atoms with Crippen LogP contribution in [0.3, 0.4) is 0 Å². The summed E-state index contributed by atoms with van der Waals surface area (Å²) in [7, 11) is -4.62. The standard InChI is InChI=1S/C17H16N2O8S.Na.H/c1-9-6-15(21)27-13-7-10(2-3-11(9)13)26-8-14(20)18-5-4-12-16(18)17(22)19(12)28(23,24)25;;/h2-3,6-7,12,16H,4-5,8H2,1H3,(H,23,24,25);;/q;+1;-1/t12-,16+;;/m1../s1. The molecule has 12 heteroatoms. The number of β-lactam (4-membered cyclic amide) rings is 1. The molecule has 0 aliphatic carbocycles. The molecule has 0 saturated carbocycles. The minimum absolute atomic E-state index is 0. The molecular formula is C17H17N2NaO8S. The van der Waals surface area contributed by atoms with Crippen molar-refractivity contribution >= 4 is 33.1 Å². The van der Waals surface area contributed by atoms with E-state index in [1.165, 1.54) is 17.0 Å². The predicted octanol–water partition coefficient (Wildman–Crippen LogP) is -2.79. The van der Waals surface area contributed by atoms with Crippen molar-refractivity contribution < 1.29 is 62.7 Å². The van der Waals surface area contributed by atoms with Gasteiger partial charge >= 0.3 is 45.5 Å². The molecular weight excluding hydrogens is 415 g/mol. The van der Waals surface area contributed by atoms with Gasteiger partial charge in [0.1, 0.15) is 17.4 Å². The topological polar surface area (TPSA) is 134 Å². The van der Waals surface area contributed by atoms with E-state index in [1.807, 2.05) is 0 Å². The molecule has 1 aromatic heterocycles. The summed E-state index contributed by atoms with van der Waals surface area (Å²) in [4.78, 5) is 37.2. The number of benzene rings is 1. The number of carbonyl (C=O) groups is 2. The van der Waals surface area contributed by atoms with E-state index in [4.69, 9.17) is 13.7 Å². The van der Waals surface area contributed by atoms with Gasteiger partial charge in [-0.1, -0.05) is 0 Å². The van der Waals surface area contributed by atoms with E-state index < -0.39 is 39.8 Å². The SMILES string of the molecule is Cc1cc(=O)oc2cc(OCC(=O)N3CC[C@@H]4[C@H]3C(=O)N4S(=O)(=O)O)ccc12.[H-].[Na+]. The van der Waals surface area contributed by atoms with Crippen LogP contribution in [-0.4, -0.2) is 59.2 Å². The Morgan fingerprint density at radius 1 is 1.34 bits per heavy atom. The Morgan fingerprint density at radius 3 is 2.76 bits per heavy atom. The van der Waals surface area contributed by atoms with Crippen LogP contribution in [0.4, 0.5) is 0 Å². The zero-order valence-corrected chi connectivity index (χ0v) is 18.5. The Labute approximate surface area is 189 Å². The summed E-state index contributed by atoms with van der Waals surface area (Å²) in [6.07, 6.45) is 0.252.